The summed E-state index contributed by atoms with van der Waals surface area (Å²) in [5.74, 6) is 0. The third-order valence-corrected chi connectivity index (χ3v) is 1.43. The Balaban J connectivity index is 2.95. The van der Waals surface area contributed by atoms with Crippen LogP contribution in [0.15, 0.2) is 0 Å². The number of amides is 1. The van der Waals surface area contributed by atoms with Crippen LogP contribution in [0.25, 0.3) is 0 Å². The number of unbranched alkanes of at least 4 members (excludes halogenated alkanes) is 3. The van der Waals surface area contributed by atoms with Gasteiger partial charge in [-0.1, -0.05) is 26.2 Å². The predicted octanol–water partition coefficient (Wildman–Crippen LogP) is 2.08. The number of nitrogens with one attached hydrogen (secondary N) is 1. The summed E-state index contributed by atoms with van der Waals surface area (Å²) in [5.41, 5.74) is 0. The van der Waals surface area contributed by atoms with Crippen LogP contribution in [-0.2, 0) is 4.74 Å². The molecule has 0 aliphatic rings. The molecule has 0 aliphatic heterocycles. The summed E-state index contributed by atoms with van der Waals surface area (Å²) in [6.45, 7) is 2.84. The number of hydrogen-bond acceptors (Lipinski definition) is 2. The molecule has 0 saturated carbocycles. The van der Waals surface area contributed by atoms with E-state index in [0.29, 0.717) is 6.54 Å². The monoisotopic (exact) mass is 158 g/mol. The molecular weight excluding hydrogens is 142 g/mol. The van der Waals surface area contributed by atoms with Crippen LogP contribution in [0.4, 0.5) is 4.79 Å². The molecule has 3 nitrogen and oxygen atoms in total. The Morgan fingerprint density at radius 2 is 2.18 bits per heavy atom. The second kappa shape index (κ2) is 7.38. The van der Waals surface area contributed by atoms with Crippen molar-refractivity contribution in [2.75, 3.05) is 6.54 Å². The standard InChI is InChI=1S/C8H16NO2/c1-3-4-5-6-7-9-8(10)11-2/h2-7H2,1H3,(H,9,10). The largest absolute Gasteiger partial charge is 0.446 e. The van der Waals surface area contributed by atoms with E-state index in [1.54, 1.807) is 0 Å². The molecule has 0 bridgehead atoms. The SMILES string of the molecule is [CH2]OC(=O)NCCCCCC. The average molecular weight is 158 g/mol. The first-order valence-electron chi connectivity index (χ1n) is 4.01. The second-order valence-corrected chi connectivity index (χ2v) is 2.42. The van der Waals surface area contributed by atoms with Gasteiger partial charge in [-0.25, -0.2) is 4.79 Å². The zero-order valence-electron chi connectivity index (χ0n) is 7.06. The van der Waals surface area contributed by atoms with E-state index in [0.717, 1.165) is 12.8 Å². The Morgan fingerprint density at radius 3 is 2.73 bits per heavy atom. The lowest BCUT2D eigenvalue weighted by Gasteiger charge is -2.01. The fourth-order valence-electron chi connectivity index (χ4n) is 0.793. The van der Waals surface area contributed by atoms with Gasteiger partial charge in [-0.15, -0.1) is 0 Å². The Hall–Kier alpha value is -0.730. The molecule has 0 aromatic carbocycles. The maximum atomic E-state index is 10.4. The summed E-state index contributed by atoms with van der Waals surface area (Å²) in [4.78, 5) is 10.4. The molecule has 0 fully saturated rings. The average Bonchev–Trinajstić information content (AvgIpc) is 2.04. The van der Waals surface area contributed by atoms with Crippen LogP contribution in [-0.4, -0.2) is 12.6 Å². The lowest BCUT2D eigenvalue weighted by Crippen LogP contribution is -2.23. The smallest absolute Gasteiger partial charge is 0.407 e. The molecule has 0 spiro atoms. The van der Waals surface area contributed by atoms with Crippen molar-refractivity contribution in [1.29, 1.82) is 0 Å². The van der Waals surface area contributed by atoms with Gasteiger partial charge in [0.25, 0.3) is 0 Å². The van der Waals surface area contributed by atoms with Crippen molar-refractivity contribution in [3.8, 4) is 0 Å². The number of carbonyl (C=O) groups excluding carboxylic acids is 1. The Bertz CT molecular complexity index is 104. The molecule has 0 aromatic rings. The third kappa shape index (κ3) is 7.16. The van der Waals surface area contributed by atoms with Crippen LogP contribution >= 0.6 is 0 Å². The van der Waals surface area contributed by atoms with Gasteiger partial charge < -0.3 is 10.1 Å². The molecule has 1 amide bonds. The Labute approximate surface area is 68.1 Å². The molecule has 0 unspecified atom stereocenters. The first-order valence-corrected chi connectivity index (χ1v) is 4.01. The van der Waals surface area contributed by atoms with Gasteiger partial charge in [0, 0.05) is 6.54 Å². The van der Waals surface area contributed by atoms with Crippen molar-refractivity contribution < 1.29 is 9.53 Å². The van der Waals surface area contributed by atoms with Crippen molar-refractivity contribution >= 4 is 6.09 Å². The number of carbonyl (C=O) groups is 1. The highest BCUT2D eigenvalue weighted by Crippen LogP contribution is 1.96. The van der Waals surface area contributed by atoms with Crippen LogP contribution in [0.3, 0.4) is 0 Å². The summed E-state index contributed by atoms with van der Waals surface area (Å²) in [7, 11) is 2.99. The zero-order chi connectivity index (χ0) is 8.53. The molecule has 11 heavy (non-hydrogen) atoms. The van der Waals surface area contributed by atoms with E-state index in [2.05, 4.69) is 24.1 Å². The van der Waals surface area contributed by atoms with E-state index in [4.69, 9.17) is 0 Å². The highest BCUT2D eigenvalue weighted by molar-refractivity contribution is 5.67. The number of rotatable bonds is 5. The van der Waals surface area contributed by atoms with Crippen LogP contribution < -0.4 is 5.32 Å². The molecule has 0 aromatic heterocycles. The molecule has 0 aliphatic carbocycles. The Kier molecular flexibility index (Phi) is 6.89. The highest BCUT2D eigenvalue weighted by Gasteiger charge is 1.95. The molecule has 65 valence electrons. The first kappa shape index (κ1) is 10.3. The van der Waals surface area contributed by atoms with Gasteiger partial charge in [0.05, 0.1) is 0 Å². The summed E-state index contributed by atoms with van der Waals surface area (Å²) < 4.78 is 4.16. The fraction of sp³-hybridized carbons (Fsp3) is 0.750. The zero-order valence-corrected chi connectivity index (χ0v) is 7.06. The molecule has 0 rings (SSSR count). The molecule has 1 N–H and O–H groups in total. The van der Waals surface area contributed by atoms with E-state index < -0.39 is 6.09 Å². The van der Waals surface area contributed by atoms with Gasteiger partial charge in [-0.05, 0) is 6.42 Å². The van der Waals surface area contributed by atoms with Gasteiger partial charge in [-0.2, -0.15) is 0 Å². The minimum absolute atomic E-state index is 0.443. The van der Waals surface area contributed by atoms with E-state index in [9.17, 15) is 4.79 Å². The van der Waals surface area contributed by atoms with E-state index in [-0.39, 0.29) is 0 Å². The first-order chi connectivity index (χ1) is 5.31. The van der Waals surface area contributed by atoms with Crippen molar-refractivity contribution in [2.45, 2.75) is 32.6 Å². The van der Waals surface area contributed by atoms with Crippen LogP contribution in [0, 0.1) is 7.11 Å². The molecule has 0 heterocycles. The van der Waals surface area contributed by atoms with Crippen molar-refractivity contribution in [3.05, 3.63) is 7.11 Å². The van der Waals surface area contributed by atoms with Crippen molar-refractivity contribution in [2.24, 2.45) is 0 Å². The summed E-state index contributed by atoms with van der Waals surface area (Å²) in [6.07, 6.45) is 4.17. The van der Waals surface area contributed by atoms with Crippen LogP contribution in [0.1, 0.15) is 32.6 Å². The van der Waals surface area contributed by atoms with Gasteiger partial charge in [-0.3, -0.25) is 0 Å². The van der Waals surface area contributed by atoms with E-state index in [1.165, 1.54) is 12.8 Å². The van der Waals surface area contributed by atoms with Crippen molar-refractivity contribution in [3.63, 3.8) is 0 Å². The summed E-state index contributed by atoms with van der Waals surface area (Å²) in [5, 5.41) is 2.57. The predicted molar refractivity (Wildman–Crippen MR) is 44.0 cm³/mol. The lowest BCUT2D eigenvalue weighted by atomic mass is 10.2. The van der Waals surface area contributed by atoms with Crippen LogP contribution in [0.2, 0.25) is 0 Å². The quantitative estimate of drug-likeness (QED) is 0.622. The topological polar surface area (TPSA) is 38.3 Å². The third-order valence-electron chi connectivity index (χ3n) is 1.43. The van der Waals surface area contributed by atoms with Gasteiger partial charge >= 0.3 is 6.09 Å². The molecular formula is C8H16NO2. The summed E-state index contributed by atoms with van der Waals surface area (Å²) in [6, 6.07) is 0. The number of alkyl carbamates (subject to hydrolysis) is 1. The molecule has 0 saturated heterocycles. The maximum absolute atomic E-state index is 10.4. The van der Waals surface area contributed by atoms with Gasteiger partial charge in [0.2, 0.25) is 0 Å². The molecule has 1 radical (unpaired) electrons. The summed E-state index contributed by atoms with van der Waals surface area (Å²) >= 11 is 0. The normalized spacial score (nSPS) is 9.27. The fourth-order valence-corrected chi connectivity index (χ4v) is 0.793. The highest BCUT2D eigenvalue weighted by atomic mass is 16.5. The minimum Gasteiger partial charge on any atom is -0.446 e. The lowest BCUT2D eigenvalue weighted by molar-refractivity contribution is 0.183. The minimum atomic E-state index is -0.443. The van der Waals surface area contributed by atoms with E-state index >= 15 is 0 Å². The van der Waals surface area contributed by atoms with Crippen LogP contribution in [0.5, 0.6) is 0 Å². The molecule has 0 atom stereocenters. The number of hydrogen-bond donors (Lipinski definition) is 1. The maximum Gasteiger partial charge on any atom is 0.407 e. The number of ether oxygens (including phenoxy) is 1. The van der Waals surface area contributed by atoms with Gasteiger partial charge in [0.15, 0.2) is 0 Å². The van der Waals surface area contributed by atoms with Gasteiger partial charge in [0.1, 0.15) is 7.11 Å². The Morgan fingerprint density at radius 1 is 1.45 bits per heavy atom. The second-order valence-electron chi connectivity index (χ2n) is 2.42. The molecule has 3 heteroatoms. The van der Waals surface area contributed by atoms with E-state index in [1.807, 2.05) is 0 Å². The van der Waals surface area contributed by atoms with Crippen molar-refractivity contribution in [1.82, 2.24) is 5.32 Å².